The summed E-state index contributed by atoms with van der Waals surface area (Å²) in [4.78, 5) is 38.9. The second-order valence-corrected chi connectivity index (χ2v) is 9.82. The van der Waals surface area contributed by atoms with Crippen molar-refractivity contribution in [3.8, 4) is 22.4 Å². The number of thiazole rings is 1. The molecule has 7 nitrogen and oxygen atoms in total. The number of pyridine rings is 1. The summed E-state index contributed by atoms with van der Waals surface area (Å²) in [6, 6.07) is 19.5. The minimum absolute atomic E-state index is 0.243. The van der Waals surface area contributed by atoms with Crippen LogP contribution in [0.4, 0.5) is 5.13 Å². The third-order valence-electron chi connectivity index (χ3n) is 6.55. The highest BCUT2D eigenvalue weighted by Gasteiger charge is 2.27. The van der Waals surface area contributed by atoms with Crippen LogP contribution in [0.25, 0.3) is 33.4 Å². The van der Waals surface area contributed by atoms with Crippen molar-refractivity contribution in [2.45, 2.75) is 19.8 Å². The highest BCUT2D eigenvalue weighted by Crippen LogP contribution is 2.37. The van der Waals surface area contributed by atoms with Crippen molar-refractivity contribution in [1.82, 2.24) is 15.0 Å². The Balaban J connectivity index is 1.44. The fraction of sp³-hybridized carbons (Fsp3) is 0.172. The van der Waals surface area contributed by atoms with Crippen LogP contribution in [0.15, 0.2) is 78.4 Å². The molecule has 0 radical (unpaired) electrons. The Morgan fingerprint density at radius 3 is 2.51 bits per heavy atom. The lowest BCUT2D eigenvalue weighted by atomic mass is 9.95. The first-order valence-electron chi connectivity index (χ1n) is 11.9. The van der Waals surface area contributed by atoms with Gasteiger partial charge in [0.15, 0.2) is 5.13 Å². The second kappa shape index (κ2) is 10.4. The first-order chi connectivity index (χ1) is 17.9. The average molecular weight is 511 g/mol. The lowest BCUT2D eigenvalue weighted by molar-refractivity contribution is -0.140. The number of carbonyl (C=O) groups excluding carboxylic acids is 1. The number of aromatic amines is 1. The zero-order chi connectivity index (χ0) is 25.9. The summed E-state index contributed by atoms with van der Waals surface area (Å²) in [6.45, 7) is 2.08. The number of carbonyl (C=O) groups is 2. The highest BCUT2D eigenvalue weighted by molar-refractivity contribution is 7.14. The molecule has 3 heterocycles. The van der Waals surface area contributed by atoms with E-state index >= 15 is 0 Å². The number of nitrogens with one attached hydrogen (secondary N) is 1. The Bertz CT molecular complexity index is 1570. The van der Waals surface area contributed by atoms with E-state index in [1.54, 1.807) is 7.05 Å². The summed E-state index contributed by atoms with van der Waals surface area (Å²) in [7, 11) is 1.66. The van der Waals surface area contributed by atoms with E-state index in [-0.39, 0.29) is 12.3 Å². The number of H-pyrrole nitrogens is 1. The zero-order valence-electron chi connectivity index (χ0n) is 20.5. The van der Waals surface area contributed by atoms with Gasteiger partial charge in [0.2, 0.25) is 5.91 Å². The first-order valence-corrected chi connectivity index (χ1v) is 12.8. The largest absolute Gasteiger partial charge is 0.481 e. The molecule has 186 valence electrons. The molecule has 2 N–H and O–H groups in total. The molecule has 0 saturated heterocycles. The van der Waals surface area contributed by atoms with Crippen LogP contribution in [0.3, 0.4) is 0 Å². The minimum Gasteiger partial charge on any atom is -0.481 e. The van der Waals surface area contributed by atoms with Crippen LogP contribution < -0.4 is 4.90 Å². The molecule has 0 fully saturated rings. The number of fused-ring (bicyclic) bond motifs is 1. The fourth-order valence-corrected chi connectivity index (χ4v) is 5.42. The maximum absolute atomic E-state index is 13.4. The summed E-state index contributed by atoms with van der Waals surface area (Å²) in [5.41, 5.74) is 6.62. The number of hydrogen-bond acceptors (Lipinski definition) is 5. The molecule has 1 atom stereocenters. The molecule has 0 spiro atoms. The number of carboxylic acid groups (broad SMARTS) is 1. The van der Waals surface area contributed by atoms with Crippen LogP contribution in [0, 0.1) is 12.8 Å². The van der Waals surface area contributed by atoms with Crippen molar-refractivity contribution < 1.29 is 14.7 Å². The van der Waals surface area contributed by atoms with Gasteiger partial charge in [-0.05, 0) is 36.1 Å². The van der Waals surface area contributed by atoms with Gasteiger partial charge in [-0.2, -0.15) is 0 Å². The lowest BCUT2D eigenvalue weighted by Crippen LogP contribution is -2.35. The maximum Gasteiger partial charge on any atom is 0.304 e. The summed E-state index contributed by atoms with van der Waals surface area (Å²) in [5, 5.41) is 13.0. The number of carboxylic acids is 1. The summed E-state index contributed by atoms with van der Waals surface area (Å²) in [5.74, 6) is -1.95. The van der Waals surface area contributed by atoms with E-state index < -0.39 is 11.9 Å². The number of aromatic nitrogens is 3. The van der Waals surface area contributed by atoms with Gasteiger partial charge >= 0.3 is 5.97 Å². The summed E-state index contributed by atoms with van der Waals surface area (Å²) < 4.78 is 0. The molecule has 5 aromatic rings. The van der Waals surface area contributed by atoms with Crippen molar-refractivity contribution in [3.05, 3.63) is 89.6 Å². The number of aryl methyl sites for hydroxylation is 1. The van der Waals surface area contributed by atoms with Crippen molar-refractivity contribution >= 4 is 39.4 Å². The molecule has 0 aliphatic rings. The minimum atomic E-state index is -1.00. The van der Waals surface area contributed by atoms with E-state index in [0.717, 1.165) is 44.5 Å². The number of hydrogen-bond donors (Lipinski definition) is 2. The SMILES string of the molecule is Cc1c(-c2ccccc2-c2csc(N(C)C(=O)[C@@H](CC(=O)O)Cc3ccccc3)n2)cnc2[nH]ccc12. The fourth-order valence-electron chi connectivity index (χ4n) is 4.62. The van der Waals surface area contributed by atoms with Gasteiger partial charge in [0.1, 0.15) is 5.65 Å². The van der Waals surface area contributed by atoms with Crippen molar-refractivity contribution in [3.63, 3.8) is 0 Å². The van der Waals surface area contributed by atoms with Crippen molar-refractivity contribution in [2.24, 2.45) is 5.92 Å². The van der Waals surface area contributed by atoms with E-state index in [0.29, 0.717) is 11.6 Å². The van der Waals surface area contributed by atoms with Crippen LogP contribution in [0.2, 0.25) is 0 Å². The van der Waals surface area contributed by atoms with Crippen LogP contribution in [-0.4, -0.2) is 39.0 Å². The van der Waals surface area contributed by atoms with Gasteiger partial charge in [-0.15, -0.1) is 11.3 Å². The molecule has 37 heavy (non-hydrogen) atoms. The molecule has 0 unspecified atom stereocenters. The predicted molar refractivity (Wildman–Crippen MR) is 147 cm³/mol. The van der Waals surface area contributed by atoms with Gasteiger partial charge in [0.25, 0.3) is 0 Å². The molecule has 0 saturated carbocycles. The molecule has 5 rings (SSSR count). The smallest absolute Gasteiger partial charge is 0.304 e. The third kappa shape index (κ3) is 5.01. The highest BCUT2D eigenvalue weighted by atomic mass is 32.1. The molecular formula is C29H26N4O3S. The number of anilines is 1. The number of nitrogens with zero attached hydrogens (tertiary/aromatic N) is 3. The molecule has 0 bridgehead atoms. The van der Waals surface area contributed by atoms with E-state index in [1.807, 2.05) is 72.4 Å². The molecule has 0 aliphatic carbocycles. The molecular weight excluding hydrogens is 484 g/mol. The molecule has 2 aromatic carbocycles. The standard InChI is InChI=1S/C29H26N4O3S/c1-18-21-12-13-30-27(21)31-16-24(18)22-10-6-7-11-23(22)25-17-37-29(32-25)33(2)28(36)20(15-26(34)35)14-19-8-4-3-5-9-19/h3-13,16-17,20H,14-15H2,1-2H3,(H,30,31)(H,34,35)/t20-/m1/s1. The molecule has 1 amide bonds. The lowest BCUT2D eigenvalue weighted by Gasteiger charge is -2.21. The Hall–Kier alpha value is -4.30. The Labute approximate surface area is 218 Å². The zero-order valence-corrected chi connectivity index (χ0v) is 21.3. The molecule has 3 aromatic heterocycles. The number of benzene rings is 2. The second-order valence-electron chi connectivity index (χ2n) is 8.98. The number of aliphatic carboxylic acids is 1. The van der Waals surface area contributed by atoms with Crippen LogP contribution in [0.5, 0.6) is 0 Å². The Kier molecular flexibility index (Phi) is 6.83. The monoisotopic (exact) mass is 510 g/mol. The summed E-state index contributed by atoms with van der Waals surface area (Å²) >= 11 is 1.36. The van der Waals surface area contributed by atoms with Crippen LogP contribution >= 0.6 is 11.3 Å². The van der Waals surface area contributed by atoms with E-state index in [4.69, 9.17) is 4.98 Å². The van der Waals surface area contributed by atoms with Gasteiger partial charge < -0.3 is 10.1 Å². The number of amides is 1. The number of rotatable bonds is 8. The van der Waals surface area contributed by atoms with E-state index in [9.17, 15) is 14.7 Å². The first kappa shape index (κ1) is 24.4. The maximum atomic E-state index is 13.4. The predicted octanol–water partition coefficient (Wildman–Crippen LogP) is 5.96. The Morgan fingerprint density at radius 1 is 1.03 bits per heavy atom. The van der Waals surface area contributed by atoms with Crippen LogP contribution in [0.1, 0.15) is 17.5 Å². The normalized spacial score (nSPS) is 11.9. The van der Waals surface area contributed by atoms with Crippen molar-refractivity contribution in [2.75, 3.05) is 11.9 Å². The van der Waals surface area contributed by atoms with E-state index in [1.165, 1.54) is 16.2 Å². The van der Waals surface area contributed by atoms with Crippen LogP contribution in [-0.2, 0) is 16.0 Å². The van der Waals surface area contributed by atoms with Gasteiger partial charge in [-0.1, -0.05) is 54.6 Å². The van der Waals surface area contributed by atoms with Gasteiger partial charge in [0.05, 0.1) is 18.0 Å². The van der Waals surface area contributed by atoms with E-state index in [2.05, 4.69) is 23.0 Å². The topological polar surface area (TPSA) is 99.2 Å². The Morgan fingerprint density at radius 2 is 1.76 bits per heavy atom. The van der Waals surface area contributed by atoms with Gasteiger partial charge in [-0.25, -0.2) is 9.97 Å². The third-order valence-corrected chi connectivity index (χ3v) is 7.47. The van der Waals surface area contributed by atoms with Crippen molar-refractivity contribution in [1.29, 1.82) is 0 Å². The van der Waals surface area contributed by atoms with Gasteiger partial charge in [-0.3, -0.25) is 14.5 Å². The average Bonchev–Trinajstić information content (AvgIpc) is 3.59. The summed E-state index contributed by atoms with van der Waals surface area (Å²) in [6.07, 6.45) is 3.86. The molecule has 8 heteroatoms. The molecule has 0 aliphatic heterocycles. The quantitative estimate of drug-likeness (QED) is 0.268. The van der Waals surface area contributed by atoms with Gasteiger partial charge in [0, 0.05) is 41.3 Å².